The molecule has 0 aliphatic carbocycles. The minimum atomic E-state index is -0.805. The number of ether oxygens (including phenoxy) is 1. The number of nitrogens with zero attached hydrogens (tertiary/aromatic N) is 2. The summed E-state index contributed by atoms with van der Waals surface area (Å²) in [5, 5.41) is 0. The zero-order valence-electron chi connectivity index (χ0n) is 9.10. The van der Waals surface area contributed by atoms with Crippen LogP contribution in [-0.4, -0.2) is 16.1 Å². The summed E-state index contributed by atoms with van der Waals surface area (Å²) in [5.41, 5.74) is 5.35. The fourth-order valence-corrected chi connectivity index (χ4v) is 1.24. The molecule has 0 fully saturated rings. The fraction of sp³-hybridized carbons (Fsp3) is 0.500. The van der Waals surface area contributed by atoms with Crippen LogP contribution in [0.1, 0.15) is 32.6 Å². The van der Waals surface area contributed by atoms with Crippen LogP contribution in [0.5, 0.6) is 0 Å². The van der Waals surface area contributed by atoms with Gasteiger partial charge in [0.1, 0.15) is 0 Å². The van der Waals surface area contributed by atoms with Crippen molar-refractivity contribution in [3.8, 4) is 0 Å². The Kier molecular flexibility index (Phi) is 3.24. The van der Waals surface area contributed by atoms with Crippen molar-refractivity contribution in [2.24, 2.45) is 11.1 Å². The van der Waals surface area contributed by atoms with Gasteiger partial charge in [-0.25, -0.2) is 4.79 Å². The number of amides is 1. The number of nitrogens with two attached hydrogens (primary N) is 1. The molecule has 0 bridgehead atoms. The van der Waals surface area contributed by atoms with Gasteiger partial charge in [0.2, 0.25) is 0 Å². The van der Waals surface area contributed by atoms with Crippen molar-refractivity contribution in [1.29, 1.82) is 0 Å². The van der Waals surface area contributed by atoms with E-state index in [1.807, 2.05) is 20.8 Å². The minimum Gasteiger partial charge on any atom is -0.439 e. The molecule has 0 aliphatic heterocycles. The van der Waals surface area contributed by atoms with Crippen LogP contribution in [0.15, 0.2) is 18.6 Å². The summed E-state index contributed by atoms with van der Waals surface area (Å²) in [7, 11) is 0. The van der Waals surface area contributed by atoms with Gasteiger partial charge in [0.15, 0.2) is 6.10 Å². The number of rotatable bonds is 2. The van der Waals surface area contributed by atoms with E-state index in [2.05, 4.69) is 9.97 Å². The Balaban J connectivity index is 2.97. The van der Waals surface area contributed by atoms with Gasteiger partial charge in [-0.3, -0.25) is 9.97 Å². The summed E-state index contributed by atoms with van der Waals surface area (Å²) in [4.78, 5) is 18.8. The van der Waals surface area contributed by atoms with Crippen LogP contribution in [0.2, 0.25) is 0 Å². The maximum absolute atomic E-state index is 10.8. The van der Waals surface area contributed by atoms with Crippen molar-refractivity contribution in [2.45, 2.75) is 26.9 Å². The molecule has 1 unspecified atom stereocenters. The van der Waals surface area contributed by atoms with Gasteiger partial charge in [0, 0.05) is 17.8 Å². The van der Waals surface area contributed by atoms with Crippen molar-refractivity contribution in [3.63, 3.8) is 0 Å². The Hall–Kier alpha value is -1.65. The molecule has 0 aromatic carbocycles. The van der Waals surface area contributed by atoms with Crippen LogP contribution in [-0.2, 0) is 4.74 Å². The molecule has 1 aromatic heterocycles. The molecule has 5 heteroatoms. The summed E-state index contributed by atoms with van der Waals surface area (Å²) in [6.45, 7) is 5.82. The maximum atomic E-state index is 10.8. The Morgan fingerprint density at radius 2 is 2.13 bits per heavy atom. The predicted molar refractivity (Wildman–Crippen MR) is 54.9 cm³/mol. The first-order valence-corrected chi connectivity index (χ1v) is 4.63. The Bertz CT molecular complexity index is 332. The second kappa shape index (κ2) is 4.25. The molecule has 0 radical (unpaired) electrons. The molecule has 2 N–H and O–H groups in total. The van der Waals surface area contributed by atoms with Gasteiger partial charge in [-0.2, -0.15) is 0 Å². The van der Waals surface area contributed by atoms with E-state index in [0.29, 0.717) is 5.69 Å². The van der Waals surface area contributed by atoms with Gasteiger partial charge in [-0.1, -0.05) is 20.8 Å². The second-order valence-electron chi connectivity index (χ2n) is 4.31. The highest BCUT2D eigenvalue weighted by molar-refractivity contribution is 5.65. The molecular weight excluding hydrogens is 194 g/mol. The van der Waals surface area contributed by atoms with Crippen molar-refractivity contribution < 1.29 is 9.53 Å². The van der Waals surface area contributed by atoms with E-state index in [1.165, 1.54) is 0 Å². The van der Waals surface area contributed by atoms with E-state index in [9.17, 15) is 4.79 Å². The van der Waals surface area contributed by atoms with Crippen LogP contribution in [0.4, 0.5) is 4.79 Å². The number of primary amides is 1. The summed E-state index contributed by atoms with van der Waals surface area (Å²) in [6.07, 6.45) is 3.40. The lowest BCUT2D eigenvalue weighted by molar-refractivity contribution is 0.0329. The highest BCUT2D eigenvalue weighted by atomic mass is 16.6. The highest BCUT2D eigenvalue weighted by Gasteiger charge is 2.30. The third-order valence-corrected chi connectivity index (χ3v) is 1.87. The summed E-state index contributed by atoms with van der Waals surface area (Å²) < 4.78 is 5.04. The summed E-state index contributed by atoms with van der Waals surface area (Å²) in [6, 6.07) is 0. The standard InChI is InChI=1S/C10H15N3O2/c1-10(2,3)8(15-9(11)14)7-6-12-4-5-13-7/h4-6,8H,1-3H3,(H2,11,14). The first kappa shape index (κ1) is 11.4. The zero-order chi connectivity index (χ0) is 11.5. The molecular formula is C10H15N3O2. The Labute approximate surface area is 88.7 Å². The molecule has 1 aromatic rings. The Morgan fingerprint density at radius 1 is 1.47 bits per heavy atom. The monoisotopic (exact) mass is 209 g/mol. The zero-order valence-corrected chi connectivity index (χ0v) is 9.10. The van der Waals surface area contributed by atoms with Crippen molar-refractivity contribution in [2.75, 3.05) is 0 Å². The van der Waals surface area contributed by atoms with Crippen molar-refractivity contribution in [3.05, 3.63) is 24.3 Å². The van der Waals surface area contributed by atoms with Gasteiger partial charge < -0.3 is 10.5 Å². The minimum absolute atomic E-state index is 0.273. The topological polar surface area (TPSA) is 78.1 Å². The van der Waals surface area contributed by atoms with Crippen LogP contribution in [0.3, 0.4) is 0 Å². The van der Waals surface area contributed by atoms with Gasteiger partial charge in [0.25, 0.3) is 0 Å². The van der Waals surface area contributed by atoms with Crippen LogP contribution >= 0.6 is 0 Å². The molecule has 1 amide bonds. The molecule has 5 nitrogen and oxygen atoms in total. The number of carbonyl (C=O) groups is 1. The van der Waals surface area contributed by atoms with E-state index in [1.54, 1.807) is 18.6 Å². The SMILES string of the molecule is CC(C)(C)C(OC(N)=O)c1cnccn1. The maximum Gasteiger partial charge on any atom is 0.405 e. The quantitative estimate of drug-likeness (QED) is 0.803. The lowest BCUT2D eigenvalue weighted by Crippen LogP contribution is -2.27. The van der Waals surface area contributed by atoms with Gasteiger partial charge in [0.05, 0.1) is 11.9 Å². The molecule has 15 heavy (non-hydrogen) atoms. The van der Waals surface area contributed by atoms with Gasteiger partial charge >= 0.3 is 6.09 Å². The van der Waals surface area contributed by atoms with E-state index >= 15 is 0 Å². The predicted octanol–water partition coefficient (Wildman–Crippen LogP) is 1.66. The second-order valence-corrected chi connectivity index (χ2v) is 4.31. The highest BCUT2D eigenvalue weighted by Crippen LogP contribution is 2.34. The fourth-order valence-electron chi connectivity index (χ4n) is 1.24. The van der Waals surface area contributed by atoms with Crippen LogP contribution in [0, 0.1) is 5.41 Å². The molecule has 82 valence electrons. The molecule has 0 spiro atoms. The molecule has 1 atom stereocenters. The first-order valence-electron chi connectivity index (χ1n) is 4.63. The van der Waals surface area contributed by atoms with E-state index in [4.69, 9.17) is 10.5 Å². The van der Waals surface area contributed by atoms with Gasteiger partial charge in [-0.05, 0) is 0 Å². The van der Waals surface area contributed by atoms with Crippen LogP contribution < -0.4 is 5.73 Å². The van der Waals surface area contributed by atoms with E-state index in [-0.39, 0.29) is 5.41 Å². The number of aromatic nitrogens is 2. The molecule has 1 rings (SSSR count). The number of hydrogen-bond donors (Lipinski definition) is 1. The van der Waals surface area contributed by atoms with E-state index < -0.39 is 12.2 Å². The Morgan fingerprint density at radius 3 is 2.53 bits per heavy atom. The smallest absolute Gasteiger partial charge is 0.405 e. The normalized spacial score (nSPS) is 13.3. The first-order chi connectivity index (χ1) is 6.91. The largest absolute Gasteiger partial charge is 0.439 e. The van der Waals surface area contributed by atoms with Gasteiger partial charge in [-0.15, -0.1) is 0 Å². The van der Waals surface area contributed by atoms with Crippen molar-refractivity contribution in [1.82, 2.24) is 9.97 Å². The molecule has 0 saturated heterocycles. The third kappa shape index (κ3) is 3.19. The number of hydrogen-bond acceptors (Lipinski definition) is 4. The molecule has 1 heterocycles. The summed E-state index contributed by atoms with van der Waals surface area (Å²) >= 11 is 0. The van der Waals surface area contributed by atoms with Crippen LogP contribution in [0.25, 0.3) is 0 Å². The lowest BCUT2D eigenvalue weighted by Gasteiger charge is -2.28. The lowest BCUT2D eigenvalue weighted by atomic mass is 9.87. The average Bonchev–Trinajstić information content (AvgIpc) is 2.14. The summed E-state index contributed by atoms with van der Waals surface area (Å²) in [5.74, 6) is 0. The molecule has 0 aliphatic rings. The van der Waals surface area contributed by atoms with Crippen molar-refractivity contribution >= 4 is 6.09 Å². The molecule has 0 saturated carbocycles. The number of carbonyl (C=O) groups excluding carboxylic acids is 1. The van der Waals surface area contributed by atoms with E-state index in [0.717, 1.165) is 0 Å². The average molecular weight is 209 g/mol. The third-order valence-electron chi connectivity index (χ3n) is 1.87.